The summed E-state index contributed by atoms with van der Waals surface area (Å²) in [6.07, 6.45) is 4.80. The Hall–Kier alpha value is -2.04. The third-order valence-corrected chi connectivity index (χ3v) is 2.26. The highest BCUT2D eigenvalue weighted by Gasteiger charge is 2.26. The molecule has 5 nitrogen and oxygen atoms in total. The molecule has 1 aromatic rings. The number of nitrogens with zero attached hydrogens (tertiary/aromatic N) is 2. The number of hydrogen-bond donors (Lipinski definition) is 1. The fourth-order valence-corrected chi connectivity index (χ4v) is 1.44. The van der Waals surface area contributed by atoms with Crippen molar-refractivity contribution in [2.24, 2.45) is 0 Å². The van der Waals surface area contributed by atoms with Gasteiger partial charge in [-0.1, -0.05) is 0 Å². The minimum absolute atomic E-state index is 0.126. The average Bonchev–Trinajstić information content (AvgIpc) is 2.58. The van der Waals surface area contributed by atoms with E-state index < -0.39 is 0 Å². The van der Waals surface area contributed by atoms with E-state index in [1.165, 1.54) is 0 Å². The SMILES string of the molecule is CC(=C1CC(=O)NC1=O)c1cnccn1. The predicted octanol–water partition coefficient (Wildman–Crippen LogP) is 0.297. The van der Waals surface area contributed by atoms with Gasteiger partial charge in [0, 0.05) is 18.0 Å². The van der Waals surface area contributed by atoms with Crippen LogP contribution >= 0.6 is 0 Å². The van der Waals surface area contributed by atoms with Crippen LogP contribution in [0.2, 0.25) is 0 Å². The molecule has 1 fully saturated rings. The summed E-state index contributed by atoms with van der Waals surface area (Å²) in [5.74, 6) is -0.596. The van der Waals surface area contributed by atoms with Gasteiger partial charge in [0.1, 0.15) is 0 Å². The first-order valence-corrected chi connectivity index (χ1v) is 4.49. The summed E-state index contributed by atoms with van der Waals surface area (Å²) in [4.78, 5) is 30.3. The van der Waals surface area contributed by atoms with Crippen LogP contribution < -0.4 is 5.32 Å². The van der Waals surface area contributed by atoms with Crippen LogP contribution in [0.1, 0.15) is 19.0 Å². The maximum atomic E-state index is 11.4. The highest BCUT2D eigenvalue weighted by molar-refractivity contribution is 6.16. The molecule has 1 aliphatic heterocycles. The van der Waals surface area contributed by atoms with E-state index in [0.717, 1.165) is 0 Å². The third kappa shape index (κ3) is 1.76. The lowest BCUT2D eigenvalue weighted by atomic mass is 10.1. The highest BCUT2D eigenvalue weighted by atomic mass is 16.2. The summed E-state index contributed by atoms with van der Waals surface area (Å²) in [5, 5.41) is 2.23. The molecular formula is C10H9N3O2. The molecule has 2 rings (SSSR count). The van der Waals surface area contributed by atoms with Crippen LogP contribution in [0.4, 0.5) is 0 Å². The Balaban J connectivity index is 2.42. The zero-order chi connectivity index (χ0) is 10.8. The Morgan fingerprint density at radius 3 is 2.73 bits per heavy atom. The molecule has 1 saturated heterocycles. The van der Waals surface area contributed by atoms with Gasteiger partial charge >= 0.3 is 0 Å². The molecule has 0 saturated carbocycles. The van der Waals surface area contributed by atoms with Crippen molar-refractivity contribution in [3.8, 4) is 0 Å². The Morgan fingerprint density at radius 1 is 1.40 bits per heavy atom. The number of carbonyl (C=O) groups excluding carboxylic acids is 2. The topological polar surface area (TPSA) is 72.0 Å². The van der Waals surface area contributed by atoms with Crippen molar-refractivity contribution < 1.29 is 9.59 Å². The van der Waals surface area contributed by atoms with E-state index in [4.69, 9.17) is 0 Å². The van der Waals surface area contributed by atoms with Crippen molar-refractivity contribution in [1.82, 2.24) is 15.3 Å². The molecule has 0 unspecified atom stereocenters. The molecule has 5 heteroatoms. The number of rotatable bonds is 1. The van der Waals surface area contributed by atoms with Crippen LogP contribution in [0.3, 0.4) is 0 Å². The van der Waals surface area contributed by atoms with Gasteiger partial charge < -0.3 is 0 Å². The van der Waals surface area contributed by atoms with Gasteiger partial charge in [-0.15, -0.1) is 0 Å². The Labute approximate surface area is 86.2 Å². The van der Waals surface area contributed by atoms with Crippen molar-refractivity contribution in [3.05, 3.63) is 29.9 Å². The molecule has 2 heterocycles. The van der Waals surface area contributed by atoms with Gasteiger partial charge in [-0.3, -0.25) is 24.9 Å². The molecule has 15 heavy (non-hydrogen) atoms. The van der Waals surface area contributed by atoms with Gasteiger partial charge in [0.05, 0.1) is 18.3 Å². The van der Waals surface area contributed by atoms with Crippen molar-refractivity contribution in [2.45, 2.75) is 13.3 Å². The smallest absolute Gasteiger partial charge is 0.254 e. The fraction of sp³-hybridized carbons (Fsp3) is 0.200. The predicted molar refractivity (Wildman–Crippen MR) is 52.4 cm³/mol. The van der Waals surface area contributed by atoms with Gasteiger partial charge in [0.25, 0.3) is 5.91 Å². The highest BCUT2D eigenvalue weighted by Crippen LogP contribution is 2.21. The van der Waals surface area contributed by atoms with E-state index in [0.29, 0.717) is 16.8 Å². The standard InChI is InChI=1S/C10H9N3O2/c1-6(8-5-11-2-3-12-8)7-4-9(14)13-10(7)15/h2-3,5H,4H2,1H3,(H,13,14,15). The summed E-state index contributed by atoms with van der Waals surface area (Å²) in [6, 6.07) is 0. The van der Waals surface area contributed by atoms with Gasteiger partial charge in [-0.25, -0.2) is 0 Å². The molecule has 1 aliphatic rings. The number of nitrogens with one attached hydrogen (secondary N) is 1. The fourth-order valence-electron chi connectivity index (χ4n) is 1.44. The van der Waals surface area contributed by atoms with Gasteiger partial charge in [0.15, 0.2) is 0 Å². The molecular weight excluding hydrogens is 194 g/mol. The van der Waals surface area contributed by atoms with E-state index in [1.807, 2.05) is 0 Å². The first-order chi connectivity index (χ1) is 7.18. The molecule has 0 aliphatic carbocycles. The largest absolute Gasteiger partial charge is 0.292 e. The zero-order valence-corrected chi connectivity index (χ0v) is 8.15. The van der Waals surface area contributed by atoms with Crippen molar-refractivity contribution in [3.63, 3.8) is 0 Å². The van der Waals surface area contributed by atoms with Crippen LogP contribution in [-0.4, -0.2) is 21.8 Å². The van der Waals surface area contributed by atoms with Crippen molar-refractivity contribution >= 4 is 17.4 Å². The van der Waals surface area contributed by atoms with Crippen LogP contribution in [-0.2, 0) is 9.59 Å². The monoisotopic (exact) mass is 203 g/mol. The Morgan fingerprint density at radius 2 is 2.20 bits per heavy atom. The zero-order valence-electron chi connectivity index (χ0n) is 8.15. The Kier molecular flexibility index (Phi) is 2.29. The lowest BCUT2D eigenvalue weighted by Gasteiger charge is -2.01. The Bertz CT molecular complexity index is 451. The quantitative estimate of drug-likeness (QED) is 0.526. The number of imide groups is 1. The number of amides is 2. The van der Waals surface area contributed by atoms with E-state index in [9.17, 15) is 9.59 Å². The number of allylic oxidation sites excluding steroid dienone is 1. The first-order valence-electron chi connectivity index (χ1n) is 4.49. The average molecular weight is 203 g/mol. The maximum Gasteiger partial charge on any atom is 0.254 e. The first kappa shape index (κ1) is 9.51. The normalized spacial score (nSPS) is 19.0. The van der Waals surface area contributed by atoms with Gasteiger partial charge in [0.2, 0.25) is 5.91 Å². The molecule has 0 aromatic carbocycles. The van der Waals surface area contributed by atoms with Crippen LogP contribution in [0.25, 0.3) is 5.57 Å². The van der Waals surface area contributed by atoms with Crippen LogP contribution in [0.15, 0.2) is 24.2 Å². The maximum absolute atomic E-state index is 11.4. The molecule has 0 spiro atoms. The minimum Gasteiger partial charge on any atom is -0.292 e. The number of aromatic nitrogens is 2. The minimum atomic E-state index is -0.330. The van der Waals surface area contributed by atoms with Gasteiger partial charge in [-0.05, 0) is 12.5 Å². The lowest BCUT2D eigenvalue weighted by molar-refractivity contribution is -0.124. The van der Waals surface area contributed by atoms with Crippen LogP contribution in [0, 0.1) is 0 Å². The van der Waals surface area contributed by atoms with Gasteiger partial charge in [-0.2, -0.15) is 0 Å². The summed E-state index contributed by atoms with van der Waals surface area (Å²) in [7, 11) is 0. The molecule has 2 amide bonds. The number of hydrogen-bond acceptors (Lipinski definition) is 4. The van der Waals surface area contributed by atoms with Crippen molar-refractivity contribution in [1.29, 1.82) is 0 Å². The summed E-state index contributed by atoms with van der Waals surface area (Å²) in [6.45, 7) is 1.76. The van der Waals surface area contributed by atoms with E-state index in [1.54, 1.807) is 25.5 Å². The van der Waals surface area contributed by atoms with E-state index in [2.05, 4.69) is 15.3 Å². The van der Waals surface area contributed by atoms with E-state index in [-0.39, 0.29) is 18.2 Å². The summed E-state index contributed by atoms with van der Waals surface area (Å²) < 4.78 is 0. The molecule has 0 atom stereocenters. The number of carbonyl (C=O) groups is 2. The lowest BCUT2D eigenvalue weighted by Crippen LogP contribution is -2.19. The second kappa shape index (κ2) is 3.61. The second-order valence-corrected chi connectivity index (χ2v) is 3.25. The summed E-state index contributed by atoms with van der Waals surface area (Å²) >= 11 is 0. The third-order valence-electron chi connectivity index (χ3n) is 2.26. The van der Waals surface area contributed by atoms with Crippen LogP contribution in [0.5, 0.6) is 0 Å². The molecule has 0 radical (unpaired) electrons. The molecule has 76 valence electrons. The van der Waals surface area contributed by atoms with Crippen molar-refractivity contribution in [2.75, 3.05) is 0 Å². The molecule has 1 aromatic heterocycles. The molecule has 0 bridgehead atoms. The second-order valence-electron chi connectivity index (χ2n) is 3.25. The van der Waals surface area contributed by atoms with E-state index >= 15 is 0 Å². The summed E-state index contributed by atoms with van der Waals surface area (Å²) in [5.41, 5.74) is 1.80. The molecule has 1 N–H and O–H groups in total.